The normalized spacial score (nSPS) is 10.1. The van der Waals surface area contributed by atoms with Crippen molar-refractivity contribution in [2.24, 2.45) is 0 Å². The second-order valence-electron chi connectivity index (χ2n) is 4.50. The van der Waals surface area contributed by atoms with Gasteiger partial charge in [0.2, 0.25) is 5.91 Å². The minimum atomic E-state index is -0.981. The number of anilines is 3. The Kier molecular flexibility index (Phi) is 4.52. The van der Waals surface area contributed by atoms with Gasteiger partial charge in [0.25, 0.3) is 0 Å². The largest absolute Gasteiger partial charge is 0.399 e. The summed E-state index contributed by atoms with van der Waals surface area (Å²) in [6, 6.07) is 6.08. The van der Waals surface area contributed by atoms with Gasteiger partial charge >= 0.3 is 11.8 Å². The standard InChI is InChI=1S/C14H14N4O3S/c1-8-7-22-14(16-8)17-12(20)13(21)18(9(2)19)11-5-3-10(15)4-6-11/h3-7H,15H2,1-2H3,(H,16,17,20). The zero-order valence-electron chi connectivity index (χ0n) is 12.0. The molecule has 3 amide bonds. The van der Waals surface area contributed by atoms with E-state index in [1.807, 2.05) is 0 Å². The molecule has 1 aromatic heterocycles. The quantitative estimate of drug-likeness (QED) is 0.645. The number of carbonyl (C=O) groups excluding carboxylic acids is 3. The van der Waals surface area contributed by atoms with Crippen LogP contribution in [0.2, 0.25) is 0 Å². The molecule has 0 atom stereocenters. The van der Waals surface area contributed by atoms with Crippen LogP contribution in [0.25, 0.3) is 0 Å². The third-order valence-corrected chi connectivity index (χ3v) is 3.58. The molecule has 0 unspecified atom stereocenters. The molecule has 1 heterocycles. The number of nitrogens with one attached hydrogen (secondary N) is 1. The van der Waals surface area contributed by atoms with Crippen molar-refractivity contribution in [2.75, 3.05) is 16.0 Å². The molecule has 2 aromatic rings. The van der Waals surface area contributed by atoms with E-state index in [0.29, 0.717) is 10.8 Å². The molecule has 0 saturated carbocycles. The van der Waals surface area contributed by atoms with Crippen molar-refractivity contribution in [3.63, 3.8) is 0 Å². The van der Waals surface area contributed by atoms with Crippen molar-refractivity contribution in [1.82, 2.24) is 4.98 Å². The predicted octanol–water partition coefficient (Wildman–Crippen LogP) is 1.55. The molecule has 0 aliphatic heterocycles. The van der Waals surface area contributed by atoms with E-state index in [-0.39, 0.29) is 5.69 Å². The molecule has 0 saturated heterocycles. The maximum Gasteiger partial charge on any atom is 0.323 e. The minimum absolute atomic E-state index is 0.275. The van der Waals surface area contributed by atoms with Gasteiger partial charge in [-0.05, 0) is 31.2 Å². The highest BCUT2D eigenvalue weighted by molar-refractivity contribution is 7.14. The number of carbonyl (C=O) groups is 3. The Labute approximate surface area is 130 Å². The van der Waals surface area contributed by atoms with E-state index in [4.69, 9.17) is 5.73 Å². The molecular formula is C14H14N4O3S. The van der Waals surface area contributed by atoms with Gasteiger partial charge in [-0.3, -0.25) is 19.7 Å². The van der Waals surface area contributed by atoms with Gasteiger partial charge in [0.05, 0.1) is 11.4 Å². The third-order valence-electron chi connectivity index (χ3n) is 2.70. The Morgan fingerprint density at radius 3 is 2.36 bits per heavy atom. The molecule has 22 heavy (non-hydrogen) atoms. The molecule has 3 N–H and O–H groups in total. The van der Waals surface area contributed by atoms with Gasteiger partial charge in [0, 0.05) is 18.0 Å². The molecule has 0 fully saturated rings. The van der Waals surface area contributed by atoms with Crippen LogP contribution in [0, 0.1) is 6.92 Å². The van der Waals surface area contributed by atoms with Crippen molar-refractivity contribution in [1.29, 1.82) is 0 Å². The molecule has 114 valence electrons. The lowest BCUT2D eigenvalue weighted by Gasteiger charge is -2.18. The Morgan fingerprint density at radius 2 is 1.86 bits per heavy atom. The van der Waals surface area contributed by atoms with Crippen molar-refractivity contribution < 1.29 is 14.4 Å². The summed E-state index contributed by atoms with van der Waals surface area (Å²) in [5.74, 6) is -2.48. The molecular weight excluding hydrogens is 304 g/mol. The van der Waals surface area contributed by atoms with E-state index in [2.05, 4.69) is 10.3 Å². The first-order chi connectivity index (χ1) is 10.4. The number of hydrogen-bond acceptors (Lipinski definition) is 6. The molecule has 0 radical (unpaired) electrons. The number of nitrogen functional groups attached to an aromatic ring is 1. The summed E-state index contributed by atoms with van der Waals surface area (Å²) in [5, 5.41) is 4.42. The number of nitrogens with two attached hydrogens (primary N) is 1. The van der Waals surface area contributed by atoms with Crippen LogP contribution >= 0.6 is 11.3 Å². The number of aromatic nitrogens is 1. The molecule has 8 heteroatoms. The smallest absolute Gasteiger partial charge is 0.323 e. The zero-order valence-corrected chi connectivity index (χ0v) is 12.8. The Hall–Kier alpha value is -2.74. The summed E-state index contributed by atoms with van der Waals surface area (Å²) in [6.07, 6.45) is 0. The average Bonchev–Trinajstić information content (AvgIpc) is 2.86. The van der Waals surface area contributed by atoms with Crippen LogP contribution in [0.15, 0.2) is 29.6 Å². The first-order valence-corrected chi connectivity index (χ1v) is 7.20. The summed E-state index contributed by atoms with van der Waals surface area (Å²) in [7, 11) is 0. The lowest BCUT2D eigenvalue weighted by atomic mass is 10.2. The average molecular weight is 318 g/mol. The molecule has 7 nitrogen and oxygen atoms in total. The van der Waals surface area contributed by atoms with Gasteiger partial charge in [0.15, 0.2) is 5.13 Å². The first-order valence-electron chi connectivity index (χ1n) is 6.32. The van der Waals surface area contributed by atoms with Crippen LogP contribution in [-0.2, 0) is 14.4 Å². The van der Waals surface area contributed by atoms with Gasteiger partial charge in [-0.1, -0.05) is 0 Å². The van der Waals surface area contributed by atoms with E-state index in [0.717, 1.165) is 10.6 Å². The molecule has 0 aliphatic rings. The lowest BCUT2D eigenvalue weighted by Crippen LogP contribution is -2.42. The van der Waals surface area contributed by atoms with Crippen molar-refractivity contribution in [2.45, 2.75) is 13.8 Å². The van der Waals surface area contributed by atoms with E-state index in [1.54, 1.807) is 24.4 Å². The number of imide groups is 1. The van der Waals surface area contributed by atoms with Crippen molar-refractivity contribution in [3.05, 3.63) is 35.3 Å². The van der Waals surface area contributed by atoms with Crippen LogP contribution in [0.3, 0.4) is 0 Å². The fourth-order valence-electron chi connectivity index (χ4n) is 1.73. The van der Waals surface area contributed by atoms with E-state index < -0.39 is 17.7 Å². The fourth-order valence-corrected chi connectivity index (χ4v) is 2.41. The van der Waals surface area contributed by atoms with Crippen molar-refractivity contribution in [3.8, 4) is 0 Å². The number of aryl methyl sites for hydroxylation is 1. The minimum Gasteiger partial charge on any atom is -0.399 e. The third kappa shape index (κ3) is 3.47. The maximum absolute atomic E-state index is 12.2. The SMILES string of the molecule is CC(=O)N(C(=O)C(=O)Nc1nc(C)cs1)c1ccc(N)cc1. The second kappa shape index (κ2) is 6.35. The number of nitrogens with zero attached hydrogens (tertiary/aromatic N) is 2. The molecule has 1 aromatic carbocycles. The monoisotopic (exact) mass is 318 g/mol. The molecule has 0 bridgehead atoms. The highest BCUT2D eigenvalue weighted by Gasteiger charge is 2.27. The van der Waals surface area contributed by atoms with Crippen LogP contribution in [-0.4, -0.2) is 22.7 Å². The number of amides is 3. The summed E-state index contributed by atoms with van der Waals surface area (Å²) >= 11 is 1.20. The number of benzene rings is 1. The lowest BCUT2D eigenvalue weighted by molar-refractivity contribution is -0.136. The molecule has 0 aliphatic carbocycles. The number of hydrogen-bond donors (Lipinski definition) is 2. The molecule has 2 rings (SSSR count). The highest BCUT2D eigenvalue weighted by Crippen LogP contribution is 2.18. The van der Waals surface area contributed by atoms with E-state index in [9.17, 15) is 14.4 Å². The molecule has 0 spiro atoms. The Balaban J connectivity index is 2.21. The first kappa shape index (κ1) is 15.6. The summed E-state index contributed by atoms with van der Waals surface area (Å²) < 4.78 is 0. The zero-order chi connectivity index (χ0) is 16.3. The van der Waals surface area contributed by atoms with Crippen LogP contribution in [0.5, 0.6) is 0 Å². The Morgan fingerprint density at radius 1 is 1.23 bits per heavy atom. The summed E-state index contributed by atoms with van der Waals surface area (Å²) in [6.45, 7) is 2.97. The summed E-state index contributed by atoms with van der Waals surface area (Å²) in [4.78, 5) is 40.8. The van der Waals surface area contributed by atoms with Crippen LogP contribution < -0.4 is 16.0 Å². The van der Waals surface area contributed by atoms with E-state index in [1.165, 1.54) is 30.4 Å². The van der Waals surface area contributed by atoms with Gasteiger partial charge in [0.1, 0.15) is 0 Å². The van der Waals surface area contributed by atoms with Crippen LogP contribution in [0.4, 0.5) is 16.5 Å². The highest BCUT2D eigenvalue weighted by atomic mass is 32.1. The predicted molar refractivity (Wildman–Crippen MR) is 84.5 cm³/mol. The topological polar surface area (TPSA) is 105 Å². The number of thiazole rings is 1. The van der Waals surface area contributed by atoms with Gasteiger partial charge in [-0.15, -0.1) is 11.3 Å². The number of rotatable bonds is 2. The van der Waals surface area contributed by atoms with Crippen LogP contribution in [0.1, 0.15) is 12.6 Å². The van der Waals surface area contributed by atoms with Gasteiger partial charge < -0.3 is 5.73 Å². The Bertz CT molecular complexity index is 724. The van der Waals surface area contributed by atoms with Gasteiger partial charge in [-0.2, -0.15) is 0 Å². The second-order valence-corrected chi connectivity index (χ2v) is 5.36. The summed E-state index contributed by atoms with van der Waals surface area (Å²) in [5.41, 5.74) is 7.06. The van der Waals surface area contributed by atoms with Gasteiger partial charge in [-0.25, -0.2) is 9.88 Å². The fraction of sp³-hybridized carbons (Fsp3) is 0.143. The van der Waals surface area contributed by atoms with E-state index >= 15 is 0 Å². The van der Waals surface area contributed by atoms with Crippen molar-refractivity contribution >= 4 is 45.6 Å². The maximum atomic E-state index is 12.2.